The van der Waals surface area contributed by atoms with Gasteiger partial charge in [-0.15, -0.1) is 0 Å². The maximum atomic E-state index is 12.7. The zero-order valence-corrected chi connectivity index (χ0v) is 17.8. The van der Waals surface area contributed by atoms with Crippen molar-refractivity contribution in [2.24, 2.45) is 5.10 Å². The van der Waals surface area contributed by atoms with Crippen molar-refractivity contribution in [3.63, 3.8) is 0 Å². The molecule has 4 aromatic rings. The first-order chi connectivity index (χ1) is 14.4. The van der Waals surface area contributed by atoms with Crippen LogP contribution in [0, 0.1) is 6.92 Å². The number of fused-ring (bicyclic) bond motifs is 1. The Balaban J connectivity index is 1.70. The van der Waals surface area contributed by atoms with Gasteiger partial charge in [0.05, 0.1) is 23.0 Å². The number of sulfonamides is 1. The number of rotatable bonds is 5. The molecule has 0 saturated carbocycles. The molecule has 0 fully saturated rings. The molecule has 7 nitrogen and oxygen atoms in total. The first-order valence-corrected chi connectivity index (χ1v) is 10.8. The second-order valence-corrected chi connectivity index (χ2v) is 9.06. The first-order valence-electron chi connectivity index (χ1n) is 9.03. The van der Waals surface area contributed by atoms with Crippen molar-refractivity contribution in [1.82, 2.24) is 18.8 Å². The van der Waals surface area contributed by atoms with Crippen LogP contribution in [0.5, 0.6) is 0 Å². The van der Waals surface area contributed by atoms with Gasteiger partial charge in [-0.05, 0) is 42.8 Å². The lowest BCUT2D eigenvalue weighted by Crippen LogP contribution is -2.22. The second kappa shape index (κ2) is 7.89. The van der Waals surface area contributed by atoms with Crippen LogP contribution in [0.25, 0.3) is 16.8 Å². The summed E-state index contributed by atoms with van der Waals surface area (Å²) in [7, 11) is -2.44. The van der Waals surface area contributed by atoms with Crippen molar-refractivity contribution in [3.05, 3.63) is 83.5 Å². The van der Waals surface area contributed by atoms with Gasteiger partial charge in [-0.3, -0.25) is 9.38 Å². The minimum absolute atomic E-state index is 0.0718. The van der Waals surface area contributed by atoms with Crippen LogP contribution < -0.4 is 0 Å². The van der Waals surface area contributed by atoms with E-state index in [1.807, 2.05) is 35.7 Å². The third kappa shape index (κ3) is 3.79. The highest BCUT2D eigenvalue weighted by Gasteiger charge is 2.19. The summed E-state index contributed by atoms with van der Waals surface area (Å²) in [5.41, 5.74) is 4.34. The second-order valence-electron chi connectivity index (χ2n) is 6.67. The van der Waals surface area contributed by atoms with Crippen LogP contribution in [0.15, 0.2) is 77.2 Å². The highest BCUT2D eigenvalue weighted by molar-refractivity contribution is 7.89. The zero-order chi connectivity index (χ0) is 21.3. The lowest BCUT2D eigenvalue weighted by Gasteiger charge is -2.13. The van der Waals surface area contributed by atoms with E-state index < -0.39 is 10.0 Å². The maximum Gasteiger partial charge on any atom is 0.278 e. The molecule has 4 rings (SSSR count). The van der Waals surface area contributed by atoms with Gasteiger partial charge in [-0.25, -0.2) is 4.98 Å². The first kappa shape index (κ1) is 20.1. The van der Waals surface area contributed by atoms with Crippen molar-refractivity contribution >= 4 is 33.5 Å². The Morgan fingerprint density at radius 2 is 1.97 bits per heavy atom. The quantitative estimate of drug-likeness (QED) is 0.347. The number of pyridine rings is 2. The number of nitrogens with zero attached hydrogens (tertiary/aromatic N) is 5. The molecule has 1 aromatic carbocycles. The molecule has 0 amide bonds. The summed E-state index contributed by atoms with van der Waals surface area (Å²) in [5, 5.41) is 4.47. The average Bonchev–Trinajstić information content (AvgIpc) is 3.16. The molecule has 0 saturated heterocycles. The zero-order valence-electron chi connectivity index (χ0n) is 16.3. The topological polar surface area (TPSA) is 79.9 Å². The van der Waals surface area contributed by atoms with E-state index in [0.717, 1.165) is 26.8 Å². The number of halogens is 1. The van der Waals surface area contributed by atoms with Gasteiger partial charge < -0.3 is 0 Å². The predicted octanol–water partition coefficient (Wildman–Crippen LogP) is 4.01. The lowest BCUT2D eigenvalue weighted by molar-refractivity contribution is 0.491. The fourth-order valence-electron chi connectivity index (χ4n) is 3.05. The third-order valence-corrected chi connectivity index (χ3v) is 6.48. The number of hydrazone groups is 1. The van der Waals surface area contributed by atoms with E-state index in [9.17, 15) is 8.42 Å². The standard InChI is InChI=1S/C21H18ClN5O2S/c1-15-9-17(16-5-4-8-23-11-16)14-27-19(12-24-21(15)27)13-25-26(2)30(28,29)20-7-3-6-18(22)10-20/h3-14H,1-2H3. The summed E-state index contributed by atoms with van der Waals surface area (Å²) in [6, 6.07) is 12.0. The van der Waals surface area contributed by atoms with E-state index in [4.69, 9.17) is 11.6 Å². The van der Waals surface area contributed by atoms with E-state index in [-0.39, 0.29) is 4.90 Å². The highest BCUT2D eigenvalue weighted by atomic mass is 35.5. The summed E-state index contributed by atoms with van der Waals surface area (Å²) in [5.74, 6) is 0. The van der Waals surface area contributed by atoms with Crippen LogP contribution in [0.1, 0.15) is 11.3 Å². The van der Waals surface area contributed by atoms with Crippen molar-refractivity contribution in [3.8, 4) is 11.1 Å². The molecule has 0 atom stereocenters. The summed E-state index contributed by atoms with van der Waals surface area (Å²) < 4.78 is 28.2. The van der Waals surface area contributed by atoms with Gasteiger partial charge in [0.15, 0.2) is 0 Å². The Kier molecular flexibility index (Phi) is 5.27. The Morgan fingerprint density at radius 3 is 2.70 bits per heavy atom. The van der Waals surface area contributed by atoms with Gasteiger partial charge in [-0.2, -0.15) is 17.9 Å². The Hall–Kier alpha value is -3.23. The van der Waals surface area contributed by atoms with E-state index in [1.165, 1.54) is 25.4 Å². The molecule has 0 spiro atoms. The van der Waals surface area contributed by atoms with Crippen molar-refractivity contribution in [1.29, 1.82) is 0 Å². The monoisotopic (exact) mass is 439 g/mol. The Bertz CT molecular complexity index is 1350. The van der Waals surface area contributed by atoms with E-state index in [1.54, 1.807) is 30.7 Å². The smallest absolute Gasteiger partial charge is 0.278 e. The van der Waals surface area contributed by atoms with Crippen LogP contribution >= 0.6 is 11.6 Å². The molecule has 0 radical (unpaired) electrons. The van der Waals surface area contributed by atoms with Crippen LogP contribution in [-0.4, -0.2) is 40.5 Å². The molecular formula is C21H18ClN5O2S. The average molecular weight is 440 g/mol. The van der Waals surface area contributed by atoms with E-state index in [2.05, 4.69) is 15.1 Å². The predicted molar refractivity (Wildman–Crippen MR) is 117 cm³/mol. The van der Waals surface area contributed by atoms with Crippen molar-refractivity contribution in [2.45, 2.75) is 11.8 Å². The third-order valence-electron chi connectivity index (χ3n) is 4.61. The molecule has 0 aliphatic heterocycles. The van der Waals surface area contributed by atoms with Crippen LogP contribution in [0.2, 0.25) is 5.02 Å². The Labute approximate surface area is 179 Å². The van der Waals surface area contributed by atoms with Gasteiger partial charge in [0.2, 0.25) is 0 Å². The van der Waals surface area contributed by atoms with Gasteiger partial charge in [-0.1, -0.05) is 23.7 Å². The summed E-state index contributed by atoms with van der Waals surface area (Å²) in [6.07, 6.45) is 8.56. The lowest BCUT2D eigenvalue weighted by atomic mass is 10.1. The largest absolute Gasteiger partial charge is 0.298 e. The van der Waals surface area contributed by atoms with E-state index in [0.29, 0.717) is 10.7 Å². The molecule has 0 N–H and O–H groups in total. The van der Waals surface area contributed by atoms with Crippen LogP contribution in [-0.2, 0) is 10.0 Å². The summed E-state index contributed by atoms with van der Waals surface area (Å²) >= 11 is 5.92. The fraction of sp³-hybridized carbons (Fsp3) is 0.0952. The molecule has 152 valence electrons. The minimum Gasteiger partial charge on any atom is -0.298 e. The fourth-order valence-corrected chi connectivity index (χ4v) is 4.30. The molecule has 30 heavy (non-hydrogen) atoms. The van der Waals surface area contributed by atoms with Crippen molar-refractivity contribution in [2.75, 3.05) is 7.05 Å². The molecule has 0 unspecified atom stereocenters. The number of hydrogen-bond donors (Lipinski definition) is 0. The van der Waals surface area contributed by atoms with E-state index >= 15 is 0 Å². The molecule has 3 heterocycles. The number of hydrogen-bond acceptors (Lipinski definition) is 5. The maximum absolute atomic E-state index is 12.7. The summed E-state index contributed by atoms with van der Waals surface area (Å²) in [6.45, 7) is 1.97. The molecule has 0 bridgehead atoms. The highest BCUT2D eigenvalue weighted by Crippen LogP contribution is 2.23. The Morgan fingerprint density at radius 1 is 1.13 bits per heavy atom. The summed E-state index contributed by atoms with van der Waals surface area (Å²) in [4.78, 5) is 8.67. The van der Waals surface area contributed by atoms with Crippen LogP contribution in [0.3, 0.4) is 0 Å². The number of imidazole rings is 1. The van der Waals surface area contributed by atoms with Crippen LogP contribution in [0.4, 0.5) is 0 Å². The van der Waals surface area contributed by atoms with Gasteiger partial charge >= 0.3 is 0 Å². The van der Waals surface area contributed by atoms with Gasteiger partial charge in [0, 0.05) is 41.8 Å². The van der Waals surface area contributed by atoms with Gasteiger partial charge in [0.1, 0.15) is 5.65 Å². The molecular weight excluding hydrogens is 422 g/mol. The number of benzene rings is 1. The van der Waals surface area contributed by atoms with Crippen molar-refractivity contribution < 1.29 is 8.42 Å². The molecule has 0 aliphatic carbocycles. The minimum atomic E-state index is -3.81. The molecule has 9 heteroatoms. The SMILES string of the molecule is Cc1cc(-c2cccnc2)cn2c(C=NN(C)S(=O)(=O)c3cccc(Cl)c3)cnc12. The van der Waals surface area contributed by atoms with Gasteiger partial charge in [0.25, 0.3) is 10.0 Å². The molecule has 3 aromatic heterocycles. The molecule has 0 aliphatic rings. The normalized spacial score (nSPS) is 12.0. The number of aryl methyl sites for hydroxylation is 1. The number of aromatic nitrogens is 3.